The van der Waals surface area contributed by atoms with Crippen molar-refractivity contribution >= 4 is 50.5 Å². The number of halogens is 3. The lowest BCUT2D eigenvalue weighted by Gasteiger charge is -2.13. The Labute approximate surface area is 157 Å². The third kappa shape index (κ3) is 4.37. The summed E-state index contributed by atoms with van der Waals surface area (Å²) in [6.07, 6.45) is 1.36. The van der Waals surface area contributed by atoms with Crippen LogP contribution in [0.2, 0.25) is 5.02 Å². The van der Waals surface area contributed by atoms with E-state index in [1.807, 2.05) is 24.3 Å². The number of aromatic nitrogens is 2. The van der Waals surface area contributed by atoms with Crippen LogP contribution in [-0.2, 0) is 6.54 Å². The molecule has 0 bridgehead atoms. The summed E-state index contributed by atoms with van der Waals surface area (Å²) in [5.41, 5.74) is 7.70. The second-order valence-electron chi connectivity index (χ2n) is 5.21. The van der Waals surface area contributed by atoms with Gasteiger partial charge < -0.3 is 16.4 Å². The van der Waals surface area contributed by atoms with Crippen molar-refractivity contribution in [2.24, 2.45) is 0 Å². The van der Waals surface area contributed by atoms with Gasteiger partial charge in [0.15, 0.2) is 11.6 Å². The Hall–Kier alpha value is -2.38. The van der Waals surface area contributed by atoms with Crippen molar-refractivity contribution in [2.45, 2.75) is 6.54 Å². The fourth-order valence-corrected chi connectivity index (χ4v) is 2.60. The van der Waals surface area contributed by atoms with Gasteiger partial charge in [0.1, 0.15) is 17.8 Å². The zero-order valence-electron chi connectivity index (χ0n) is 12.9. The highest BCUT2D eigenvalue weighted by Crippen LogP contribution is 2.28. The number of benzene rings is 2. The van der Waals surface area contributed by atoms with Gasteiger partial charge in [0.25, 0.3) is 0 Å². The molecular formula is C17H14BrClFN5. The molecule has 0 atom stereocenters. The van der Waals surface area contributed by atoms with Gasteiger partial charge in [-0.05, 0) is 35.9 Å². The second-order valence-corrected chi connectivity index (χ2v) is 6.57. The summed E-state index contributed by atoms with van der Waals surface area (Å²) in [6.45, 7) is 0.518. The van der Waals surface area contributed by atoms with Crippen LogP contribution in [0.5, 0.6) is 0 Å². The third-order valence-corrected chi connectivity index (χ3v) is 4.19. The molecule has 25 heavy (non-hydrogen) atoms. The third-order valence-electron chi connectivity index (χ3n) is 3.44. The van der Waals surface area contributed by atoms with Gasteiger partial charge in [-0.2, -0.15) is 0 Å². The van der Waals surface area contributed by atoms with Gasteiger partial charge in [-0.15, -0.1) is 0 Å². The van der Waals surface area contributed by atoms with E-state index in [2.05, 4.69) is 36.5 Å². The lowest BCUT2D eigenvalue weighted by atomic mass is 10.2. The van der Waals surface area contributed by atoms with Crippen LogP contribution in [0.25, 0.3) is 0 Å². The zero-order chi connectivity index (χ0) is 17.8. The molecule has 0 aliphatic carbocycles. The van der Waals surface area contributed by atoms with E-state index < -0.39 is 5.82 Å². The van der Waals surface area contributed by atoms with Crippen molar-refractivity contribution in [3.05, 3.63) is 69.7 Å². The molecule has 0 amide bonds. The Kier molecular flexibility index (Phi) is 5.35. The van der Waals surface area contributed by atoms with Crippen LogP contribution >= 0.6 is 27.5 Å². The maximum Gasteiger partial charge on any atom is 0.159 e. The molecule has 2 aromatic carbocycles. The lowest BCUT2D eigenvalue weighted by Crippen LogP contribution is -2.08. The van der Waals surface area contributed by atoms with Crippen LogP contribution in [0.3, 0.4) is 0 Å². The molecule has 0 spiro atoms. The first-order valence-corrected chi connectivity index (χ1v) is 8.51. The molecule has 0 aliphatic heterocycles. The first-order valence-electron chi connectivity index (χ1n) is 7.34. The fourth-order valence-electron chi connectivity index (χ4n) is 2.14. The summed E-state index contributed by atoms with van der Waals surface area (Å²) < 4.78 is 14.6. The summed E-state index contributed by atoms with van der Waals surface area (Å²) >= 11 is 9.09. The Morgan fingerprint density at radius 2 is 1.80 bits per heavy atom. The molecule has 0 fully saturated rings. The number of nitrogens with zero attached hydrogens (tertiary/aromatic N) is 2. The summed E-state index contributed by atoms with van der Waals surface area (Å²) in [4.78, 5) is 8.22. The van der Waals surface area contributed by atoms with Crippen molar-refractivity contribution < 1.29 is 4.39 Å². The highest BCUT2D eigenvalue weighted by molar-refractivity contribution is 9.10. The Balaban J connectivity index is 1.76. The molecule has 0 unspecified atom stereocenters. The van der Waals surface area contributed by atoms with E-state index >= 15 is 0 Å². The van der Waals surface area contributed by atoms with Crippen LogP contribution in [0.4, 0.5) is 27.4 Å². The summed E-state index contributed by atoms with van der Waals surface area (Å²) in [6, 6.07) is 12.1. The van der Waals surface area contributed by atoms with Crippen molar-refractivity contribution in [1.82, 2.24) is 9.97 Å². The molecule has 1 aromatic heterocycles. The maximum absolute atomic E-state index is 14.0. The van der Waals surface area contributed by atoms with E-state index in [9.17, 15) is 4.39 Å². The summed E-state index contributed by atoms with van der Waals surface area (Å²) in [5, 5.41) is 6.70. The predicted molar refractivity (Wildman–Crippen MR) is 103 cm³/mol. The first-order chi connectivity index (χ1) is 12.0. The van der Waals surface area contributed by atoms with Gasteiger partial charge >= 0.3 is 0 Å². The van der Waals surface area contributed by atoms with Crippen LogP contribution in [0.15, 0.2) is 53.3 Å². The van der Waals surface area contributed by atoms with Gasteiger partial charge in [0, 0.05) is 16.0 Å². The average Bonchev–Trinajstić information content (AvgIpc) is 2.59. The van der Waals surface area contributed by atoms with Crippen LogP contribution in [0, 0.1) is 5.82 Å². The minimum atomic E-state index is -0.414. The van der Waals surface area contributed by atoms with E-state index in [0.717, 1.165) is 5.56 Å². The summed E-state index contributed by atoms with van der Waals surface area (Å²) in [7, 11) is 0. The number of hydrogen-bond donors (Lipinski definition) is 3. The Morgan fingerprint density at radius 1 is 1.08 bits per heavy atom. The van der Waals surface area contributed by atoms with Crippen LogP contribution in [-0.4, -0.2) is 9.97 Å². The monoisotopic (exact) mass is 421 g/mol. The number of nitrogens with two attached hydrogens (primary N) is 1. The van der Waals surface area contributed by atoms with Crippen LogP contribution < -0.4 is 16.4 Å². The minimum Gasteiger partial charge on any atom is -0.393 e. The van der Waals surface area contributed by atoms with Gasteiger partial charge in [0.05, 0.1) is 5.69 Å². The zero-order valence-corrected chi connectivity index (χ0v) is 15.3. The maximum atomic E-state index is 14.0. The number of nitrogen functional groups attached to an aromatic ring is 1. The van der Waals surface area contributed by atoms with E-state index in [0.29, 0.717) is 33.4 Å². The van der Waals surface area contributed by atoms with Crippen molar-refractivity contribution in [3.8, 4) is 0 Å². The standard InChI is InChI=1S/C17H14BrClFN5/c18-11-3-6-14(13(20)7-11)25-17-15(21)16(23-9-24-17)22-8-10-1-4-12(19)5-2-10/h1-7,9H,8,21H2,(H2,22,23,24,25). The average molecular weight is 423 g/mol. The number of rotatable bonds is 5. The highest BCUT2D eigenvalue weighted by atomic mass is 79.9. The van der Waals surface area contributed by atoms with Gasteiger partial charge in [-0.1, -0.05) is 39.7 Å². The van der Waals surface area contributed by atoms with Crippen LogP contribution in [0.1, 0.15) is 5.56 Å². The Bertz CT molecular complexity index is 889. The second kappa shape index (κ2) is 7.67. The molecule has 4 N–H and O–H groups in total. The first kappa shape index (κ1) is 17.4. The SMILES string of the molecule is Nc1c(NCc2ccc(Cl)cc2)ncnc1Nc1ccc(Br)cc1F. The highest BCUT2D eigenvalue weighted by Gasteiger charge is 2.10. The lowest BCUT2D eigenvalue weighted by molar-refractivity contribution is 0.631. The van der Waals surface area contributed by atoms with Crippen molar-refractivity contribution in [1.29, 1.82) is 0 Å². The summed E-state index contributed by atoms with van der Waals surface area (Å²) in [5.74, 6) is 0.378. The van der Waals surface area contributed by atoms with Gasteiger partial charge in [-0.25, -0.2) is 14.4 Å². The van der Waals surface area contributed by atoms with E-state index in [4.69, 9.17) is 17.3 Å². The molecule has 5 nitrogen and oxygen atoms in total. The molecule has 0 saturated heterocycles. The molecule has 8 heteroatoms. The Morgan fingerprint density at radius 3 is 2.52 bits per heavy atom. The normalized spacial score (nSPS) is 10.5. The number of hydrogen-bond acceptors (Lipinski definition) is 5. The fraction of sp³-hybridized carbons (Fsp3) is 0.0588. The van der Waals surface area contributed by atoms with E-state index in [-0.39, 0.29) is 5.69 Å². The van der Waals surface area contributed by atoms with E-state index in [1.54, 1.807) is 12.1 Å². The molecule has 0 radical (unpaired) electrons. The molecular weight excluding hydrogens is 409 g/mol. The molecule has 0 saturated carbocycles. The largest absolute Gasteiger partial charge is 0.393 e. The molecule has 0 aliphatic rings. The minimum absolute atomic E-state index is 0.275. The van der Waals surface area contributed by atoms with Gasteiger partial charge in [0.2, 0.25) is 0 Å². The number of anilines is 4. The topological polar surface area (TPSA) is 75.9 Å². The predicted octanol–water partition coefficient (Wildman–Crippen LogP) is 4.97. The van der Waals surface area contributed by atoms with Crippen molar-refractivity contribution in [2.75, 3.05) is 16.4 Å². The smallest absolute Gasteiger partial charge is 0.159 e. The van der Waals surface area contributed by atoms with Gasteiger partial charge in [-0.3, -0.25) is 0 Å². The van der Waals surface area contributed by atoms with Crippen molar-refractivity contribution in [3.63, 3.8) is 0 Å². The molecule has 3 rings (SSSR count). The molecule has 1 heterocycles. The molecule has 128 valence electrons. The molecule has 3 aromatic rings. The van der Waals surface area contributed by atoms with E-state index in [1.165, 1.54) is 12.4 Å². The quantitative estimate of drug-likeness (QED) is 0.541. The number of nitrogens with one attached hydrogen (secondary N) is 2.